The second kappa shape index (κ2) is 5.21. The van der Waals surface area contributed by atoms with Gasteiger partial charge < -0.3 is 15.4 Å². The highest BCUT2D eigenvalue weighted by Crippen LogP contribution is 2.28. The van der Waals surface area contributed by atoms with E-state index < -0.39 is 0 Å². The lowest BCUT2D eigenvalue weighted by Crippen LogP contribution is -2.51. The molecule has 2 N–H and O–H groups in total. The number of carbonyl (C=O) groups excluding carboxylic acids is 1. The first-order chi connectivity index (χ1) is 8.95. The van der Waals surface area contributed by atoms with Crippen LogP contribution in [-0.4, -0.2) is 36.0 Å². The molecule has 0 spiro atoms. The van der Waals surface area contributed by atoms with Crippen molar-refractivity contribution in [3.63, 3.8) is 0 Å². The van der Waals surface area contributed by atoms with Gasteiger partial charge in [0.1, 0.15) is 5.75 Å². The maximum Gasteiger partial charge on any atom is 0.227 e. The topological polar surface area (TPSA) is 55.6 Å². The first-order valence-electron chi connectivity index (χ1n) is 6.64. The van der Waals surface area contributed by atoms with Crippen molar-refractivity contribution in [2.75, 3.05) is 13.7 Å². The van der Waals surface area contributed by atoms with Crippen molar-refractivity contribution < 1.29 is 9.53 Å². The number of amides is 1. The molecule has 4 nitrogen and oxygen atoms in total. The van der Waals surface area contributed by atoms with E-state index in [9.17, 15) is 4.79 Å². The molecule has 1 aliphatic rings. The molecular weight excluding hydrogens is 240 g/mol. The number of benzene rings is 1. The Labute approximate surface area is 114 Å². The molecule has 0 aromatic heterocycles. The van der Waals surface area contributed by atoms with Crippen LogP contribution in [0.2, 0.25) is 0 Å². The van der Waals surface area contributed by atoms with E-state index in [1.54, 1.807) is 7.11 Å². The summed E-state index contributed by atoms with van der Waals surface area (Å²) in [6, 6.07) is 7.69. The lowest BCUT2D eigenvalue weighted by Gasteiger charge is -2.34. The number of likely N-dealkylation sites (tertiary alicyclic amines) is 1. The van der Waals surface area contributed by atoms with Crippen LogP contribution in [0.25, 0.3) is 0 Å². The molecule has 1 aromatic rings. The number of ether oxygens (including phenoxy) is 1. The van der Waals surface area contributed by atoms with Gasteiger partial charge in [-0.25, -0.2) is 0 Å². The molecule has 1 amide bonds. The van der Waals surface area contributed by atoms with Crippen molar-refractivity contribution in [3.8, 4) is 5.75 Å². The molecule has 1 heterocycles. The number of methoxy groups -OCH3 is 1. The maximum absolute atomic E-state index is 12.4. The molecule has 2 rings (SSSR count). The van der Waals surface area contributed by atoms with E-state index in [0.717, 1.165) is 24.3 Å². The normalized spacial score (nSPS) is 21.5. The molecule has 19 heavy (non-hydrogen) atoms. The Morgan fingerprint density at radius 2 is 2.26 bits per heavy atom. The van der Waals surface area contributed by atoms with Gasteiger partial charge in [0.2, 0.25) is 5.91 Å². The third-order valence-corrected chi connectivity index (χ3v) is 4.06. The summed E-state index contributed by atoms with van der Waals surface area (Å²) in [5.41, 5.74) is 6.78. The molecule has 0 radical (unpaired) electrons. The zero-order chi connectivity index (χ0) is 14.0. The summed E-state index contributed by atoms with van der Waals surface area (Å²) in [6.45, 7) is 4.82. The Morgan fingerprint density at radius 1 is 1.53 bits per heavy atom. The summed E-state index contributed by atoms with van der Waals surface area (Å²) in [4.78, 5) is 14.3. The summed E-state index contributed by atoms with van der Waals surface area (Å²) in [7, 11) is 1.63. The molecule has 0 saturated carbocycles. The minimum absolute atomic E-state index is 0.0572. The molecule has 0 bridgehead atoms. The van der Waals surface area contributed by atoms with Gasteiger partial charge in [-0.1, -0.05) is 12.1 Å². The van der Waals surface area contributed by atoms with Crippen molar-refractivity contribution in [2.45, 2.75) is 38.3 Å². The van der Waals surface area contributed by atoms with Crippen LogP contribution < -0.4 is 10.5 Å². The van der Waals surface area contributed by atoms with E-state index in [0.29, 0.717) is 6.42 Å². The van der Waals surface area contributed by atoms with Crippen LogP contribution in [-0.2, 0) is 11.2 Å². The van der Waals surface area contributed by atoms with E-state index in [4.69, 9.17) is 10.5 Å². The fraction of sp³-hybridized carbons (Fsp3) is 0.533. The Kier molecular flexibility index (Phi) is 3.80. The largest absolute Gasteiger partial charge is 0.497 e. The number of hydrogen-bond donors (Lipinski definition) is 1. The summed E-state index contributed by atoms with van der Waals surface area (Å²) in [6.07, 6.45) is 1.27. The predicted octanol–water partition coefficient (Wildman–Crippen LogP) is 1.58. The zero-order valence-electron chi connectivity index (χ0n) is 11.8. The van der Waals surface area contributed by atoms with Crippen LogP contribution in [0.15, 0.2) is 24.3 Å². The lowest BCUT2D eigenvalue weighted by molar-refractivity contribution is -0.133. The summed E-state index contributed by atoms with van der Waals surface area (Å²) in [5.74, 6) is 0.911. The molecule has 1 unspecified atom stereocenters. The SMILES string of the molecule is COc1cccc(CC(=O)N2CCC(N)C2(C)C)c1. The fourth-order valence-electron chi connectivity index (χ4n) is 2.61. The zero-order valence-corrected chi connectivity index (χ0v) is 11.8. The highest BCUT2D eigenvalue weighted by molar-refractivity contribution is 5.80. The third kappa shape index (κ3) is 2.73. The van der Waals surface area contributed by atoms with Gasteiger partial charge in [-0.15, -0.1) is 0 Å². The number of carbonyl (C=O) groups is 1. The molecule has 1 aromatic carbocycles. The quantitative estimate of drug-likeness (QED) is 0.899. The number of nitrogens with zero attached hydrogens (tertiary/aromatic N) is 1. The van der Waals surface area contributed by atoms with Gasteiger partial charge in [0, 0.05) is 12.6 Å². The highest BCUT2D eigenvalue weighted by atomic mass is 16.5. The van der Waals surface area contributed by atoms with Gasteiger partial charge >= 0.3 is 0 Å². The smallest absolute Gasteiger partial charge is 0.227 e. The van der Waals surface area contributed by atoms with E-state index in [2.05, 4.69) is 0 Å². The van der Waals surface area contributed by atoms with Gasteiger partial charge in [-0.3, -0.25) is 4.79 Å². The average molecular weight is 262 g/mol. The molecule has 1 fully saturated rings. The van der Waals surface area contributed by atoms with E-state index in [1.165, 1.54) is 0 Å². The summed E-state index contributed by atoms with van der Waals surface area (Å²) >= 11 is 0. The van der Waals surface area contributed by atoms with Crippen molar-refractivity contribution >= 4 is 5.91 Å². The van der Waals surface area contributed by atoms with Crippen LogP contribution in [0, 0.1) is 0 Å². The van der Waals surface area contributed by atoms with Crippen LogP contribution in [0.1, 0.15) is 25.8 Å². The molecule has 1 atom stereocenters. The van der Waals surface area contributed by atoms with Gasteiger partial charge in [0.05, 0.1) is 19.1 Å². The Hall–Kier alpha value is -1.55. The third-order valence-electron chi connectivity index (χ3n) is 4.06. The average Bonchev–Trinajstić information content (AvgIpc) is 2.64. The van der Waals surface area contributed by atoms with E-state index >= 15 is 0 Å². The van der Waals surface area contributed by atoms with E-state index in [1.807, 2.05) is 43.0 Å². The predicted molar refractivity (Wildman–Crippen MR) is 75.1 cm³/mol. The van der Waals surface area contributed by atoms with Crippen molar-refractivity contribution in [3.05, 3.63) is 29.8 Å². The summed E-state index contributed by atoms with van der Waals surface area (Å²) in [5, 5.41) is 0. The maximum atomic E-state index is 12.4. The molecule has 4 heteroatoms. The second-order valence-corrected chi connectivity index (χ2v) is 5.62. The van der Waals surface area contributed by atoms with Crippen LogP contribution in [0.5, 0.6) is 5.75 Å². The van der Waals surface area contributed by atoms with Crippen molar-refractivity contribution in [1.29, 1.82) is 0 Å². The Balaban J connectivity index is 2.09. The fourth-order valence-corrected chi connectivity index (χ4v) is 2.61. The summed E-state index contributed by atoms with van der Waals surface area (Å²) < 4.78 is 5.17. The monoisotopic (exact) mass is 262 g/mol. The van der Waals surface area contributed by atoms with Crippen molar-refractivity contribution in [2.24, 2.45) is 5.73 Å². The minimum atomic E-state index is -0.254. The van der Waals surface area contributed by atoms with Gasteiger partial charge in [0.25, 0.3) is 0 Å². The molecule has 0 aliphatic carbocycles. The molecular formula is C15H22N2O2. The minimum Gasteiger partial charge on any atom is -0.497 e. The van der Waals surface area contributed by atoms with Crippen LogP contribution >= 0.6 is 0 Å². The van der Waals surface area contributed by atoms with Gasteiger partial charge in [-0.2, -0.15) is 0 Å². The molecule has 1 saturated heterocycles. The molecule has 1 aliphatic heterocycles. The Bertz CT molecular complexity index is 471. The van der Waals surface area contributed by atoms with Crippen molar-refractivity contribution in [1.82, 2.24) is 4.90 Å². The first kappa shape index (κ1) is 13.9. The standard InChI is InChI=1S/C15H22N2O2/c1-15(2)13(16)7-8-17(15)14(18)10-11-5-4-6-12(9-11)19-3/h4-6,9,13H,7-8,10,16H2,1-3H3. The lowest BCUT2D eigenvalue weighted by atomic mass is 9.96. The van der Waals surface area contributed by atoms with Gasteiger partial charge in [-0.05, 0) is 38.0 Å². The van der Waals surface area contributed by atoms with E-state index in [-0.39, 0.29) is 17.5 Å². The number of hydrogen-bond acceptors (Lipinski definition) is 3. The second-order valence-electron chi connectivity index (χ2n) is 5.62. The first-order valence-corrected chi connectivity index (χ1v) is 6.64. The Morgan fingerprint density at radius 3 is 2.84 bits per heavy atom. The van der Waals surface area contributed by atoms with Crippen LogP contribution in [0.4, 0.5) is 0 Å². The van der Waals surface area contributed by atoms with Crippen LogP contribution in [0.3, 0.4) is 0 Å². The van der Waals surface area contributed by atoms with Gasteiger partial charge in [0.15, 0.2) is 0 Å². The number of rotatable bonds is 3. The number of nitrogens with two attached hydrogens (primary N) is 1. The highest BCUT2D eigenvalue weighted by Gasteiger charge is 2.41. The molecule has 104 valence electrons.